The molecule has 0 atom stereocenters. The Morgan fingerprint density at radius 3 is 2.07 bits per heavy atom. The zero-order chi connectivity index (χ0) is 20.5. The van der Waals surface area contributed by atoms with Crippen LogP contribution >= 0.6 is 0 Å². The van der Waals surface area contributed by atoms with Crippen LogP contribution in [0.2, 0.25) is 0 Å². The highest BCUT2D eigenvalue weighted by Crippen LogP contribution is 2.32. The van der Waals surface area contributed by atoms with Gasteiger partial charge in [-0.25, -0.2) is 0 Å². The van der Waals surface area contributed by atoms with Crippen molar-refractivity contribution in [2.24, 2.45) is 0 Å². The number of hydrogen-bond acceptors (Lipinski definition) is 2. The van der Waals surface area contributed by atoms with Crippen molar-refractivity contribution in [3.8, 4) is 5.75 Å². The van der Waals surface area contributed by atoms with Gasteiger partial charge in [-0.05, 0) is 66.8 Å². The molecule has 150 valence electrons. The summed E-state index contributed by atoms with van der Waals surface area (Å²) >= 11 is 0. The first-order valence-electron chi connectivity index (χ1n) is 10.4. The van der Waals surface area contributed by atoms with E-state index in [2.05, 4.69) is 98.0 Å². The first-order valence-corrected chi connectivity index (χ1v) is 10.4. The molecule has 0 spiro atoms. The quantitative estimate of drug-likeness (QED) is 0.352. The Hall–Kier alpha value is -2.84. The molecule has 0 saturated carbocycles. The molecular weight excluding hydrogens is 354 g/mol. The molecule has 0 amide bonds. The average molecular weight is 386 g/mol. The fourth-order valence-corrected chi connectivity index (χ4v) is 3.55. The van der Waals surface area contributed by atoms with E-state index in [9.17, 15) is 0 Å². The number of rotatable bonds is 9. The lowest BCUT2D eigenvalue weighted by atomic mass is 9.88. The fraction of sp³-hybridized carbons (Fsp3) is 0.259. The van der Waals surface area contributed by atoms with E-state index in [4.69, 9.17) is 4.74 Å². The summed E-state index contributed by atoms with van der Waals surface area (Å²) in [6.45, 7) is 5.89. The van der Waals surface area contributed by atoms with Gasteiger partial charge in [0, 0.05) is 6.54 Å². The third kappa shape index (κ3) is 5.82. The van der Waals surface area contributed by atoms with Crippen LogP contribution in [0.1, 0.15) is 35.6 Å². The molecule has 3 aromatic rings. The molecule has 0 heterocycles. The lowest BCUT2D eigenvalue weighted by molar-refractivity contribution is 0.318. The van der Waals surface area contributed by atoms with E-state index < -0.39 is 0 Å². The summed E-state index contributed by atoms with van der Waals surface area (Å²) in [7, 11) is 1.93. The Kier molecular flexibility index (Phi) is 7.66. The van der Waals surface area contributed by atoms with Crippen LogP contribution in [-0.2, 0) is 6.42 Å². The third-order valence-electron chi connectivity index (χ3n) is 5.17. The average Bonchev–Trinajstić information content (AvgIpc) is 2.76. The minimum Gasteiger partial charge on any atom is -0.492 e. The molecule has 2 heteroatoms. The molecule has 3 rings (SSSR count). The molecule has 1 N–H and O–H groups in total. The zero-order valence-corrected chi connectivity index (χ0v) is 17.7. The summed E-state index contributed by atoms with van der Waals surface area (Å²) in [4.78, 5) is 0. The number of allylic oxidation sites excluding steroid dienone is 2. The van der Waals surface area contributed by atoms with Crippen molar-refractivity contribution in [1.82, 2.24) is 5.32 Å². The van der Waals surface area contributed by atoms with Gasteiger partial charge in [0.1, 0.15) is 12.4 Å². The second-order valence-corrected chi connectivity index (χ2v) is 7.32. The van der Waals surface area contributed by atoms with Gasteiger partial charge in [0.05, 0.1) is 0 Å². The number of hydrogen-bond donors (Lipinski definition) is 1. The minimum atomic E-state index is 0.673. The Labute approximate surface area is 175 Å². The first kappa shape index (κ1) is 20.9. The van der Waals surface area contributed by atoms with Gasteiger partial charge < -0.3 is 10.1 Å². The maximum atomic E-state index is 5.81. The Morgan fingerprint density at radius 1 is 0.793 bits per heavy atom. The molecule has 0 fully saturated rings. The summed E-state index contributed by atoms with van der Waals surface area (Å²) in [5.74, 6) is 0.913. The van der Waals surface area contributed by atoms with Gasteiger partial charge in [0.2, 0.25) is 0 Å². The monoisotopic (exact) mass is 385 g/mol. The number of likely N-dealkylation sites (N-methyl/N-ethyl adjacent to an activating group) is 1. The largest absolute Gasteiger partial charge is 0.492 e. The smallest absolute Gasteiger partial charge is 0.119 e. The number of nitrogens with one attached hydrogen (secondary N) is 1. The van der Waals surface area contributed by atoms with E-state index in [0.29, 0.717) is 6.61 Å². The number of benzene rings is 3. The molecule has 0 aliphatic heterocycles. The van der Waals surface area contributed by atoms with Crippen molar-refractivity contribution in [3.63, 3.8) is 0 Å². The van der Waals surface area contributed by atoms with E-state index in [1.165, 1.54) is 33.4 Å². The molecule has 3 aromatic carbocycles. The van der Waals surface area contributed by atoms with E-state index in [1.54, 1.807) is 0 Å². The molecule has 0 radical (unpaired) electrons. The Bertz CT molecular complexity index is 909. The van der Waals surface area contributed by atoms with Gasteiger partial charge >= 0.3 is 0 Å². The maximum Gasteiger partial charge on any atom is 0.119 e. The Morgan fingerprint density at radius 2 is 1.45 bits per heavy atom. The maximum absolute atomic E-state index is 5.81. The standard InChI is InChI=1S/C27H31NO/c1-4-26(23-8-6-5-7-9-23)27(20-22-12-10-21(2)11-13-22)24-14-16-25(17-15-24)29-19-18-28-3/h5-17,28H,4,18-20H2,1-3H3. The van der Waals surface area contributed by atoms with Crippen LogP contribution in [0.25, 0.3) is 11.1 Å². The molecule has 2 nitrogen and oxygen atoms in total. The molecule has 0 saturated heterocycles. The minimum absolute atomic E-state index is 0.673. The van der Waals surface area contributed by atoms with Crippen LogP contribution in [0.3, 0.4) is 0 Å². The van der Waals surface area contributed by atoms with Gasteiger partial charge in [0.25, 0.3) is 0 Å². The zero-order valence-electron chi connectivity index (χ0n) is 17.7. The van der Waals surface area contributed by atoms with Gasteiger partial charge in [-0.2, -0.15) is 0 Å². The normalized spacial score (nSPS) is 11.8. The molecule has 0 aliphatic rings. The van der Waals surface area contributed by atoms with Crippen molar-refractivity contribution >= 4 is 11.1 Å². The van der Waals surface area contributed by atoms with Crippen LogP contribution in [-0.4, -0.2) is 20.2 Å². The van der Waals surface area contributed by atoms with E-state index in [1.807, 2.05) is 7.05 Å². The van der Waals surface area contributed by atoms with Crippen molar-refractivity contribution in [3.05, 3.63) is 101 Å². The van der Waals surface area contributed by atoms with Crippen LogP contribution in [0.4, 0.5) is 0 Å². The highest BCUT2D eigenvalue weighted by Gasteiger charge is 2.12. The fourth-order valence-electron chi connectivity index (χ4n) is 3.55. The van der Waals surface area contributed by atoms with Crippen molar-refractivity contribution < 1.29 is 4.74 Å². The predicted molar refractivity (Wildman–Crippen MR) is 124 cm³/mol. The molecule has 0 aromatic heterocycles. The van der Waals surface area contributed by atoms with Crippen molar-refractivity contribution in [1.29, 1.82) is 0 Å². The first-order chi connectivity index (χ1) is 14.2. The lowest BCUT2D eigenvalue weighted by Gasteiger charge is -2.17. The van der Waals surface area contributed by atoms with Crippen LogP contribution in [0.5, 0.6) is 5.75 Å². The predicted octanol–water partition coefficient (Wildman–Crippen LogP) is 6.16. The van der Waals surface area contributed by atoms with Crippen LogP contribution in [0.15, 0.2) is 78.9 Å². The summed E-state index contributed by atoms with van der Waals surface area (Å²) in [6, 6.07) is 28.1. The van der Waals surface area contributed by atoms with E-state index >= 15 is 0 Å². The second-order valence-electron chi connectivity index (χ2n) is 7.32. The molecular formula is C27H31NO. The summed E-state index contributed by atoms with van der Waals surface area (Å²) in [6.07, 6.45) is 1.91. The molecule has 0 unspecified atom stereocenters. The highest BCUT2D eigenvalue weighted by atomic mass is 16.5. The van der Waals surface area contributed by atoms with Gasteiger partial charge in [-0.15, -0.1) is 0 Å². The summed E-state index contributed by atoms with van der Waals surface area (Å²) in [5, 5.41) is 3.11. The van der Waals surface area contributed by atoms with E-state index in [-0.39, 0.29) is 0 Å². The van der Waals surface area contributed by atoms with Crippen molar-refractivity contribution in [2.45, 2.75) is 26.7 Å². The van der Waals surface area contributed by atoms with Gasteiger partial charge in [-0.1, -0.05) is 79.2 Å². The van der Waals surface area contributed by atoms with Crippen molar-refractivity contribution in [2.75, 3.05) is 20.2 Å². The molecule has 29 heavy (non-hydrogen) atoms. The summed E-state index contributed by atoms with van der Waals surface area (Å²) < 4.78 is 5.81. The van der Waals surface area contributed by atoms with Gasteiger partial charge in [0.15, 0.2) is 0 Å². The Balaban J connectivity index is 1.98. The van der Waals surface area contributed by atoms with Gasteiger partial charge in [-0.3, -0.25) is 0 Å². The lowest BCUT2D eigenvalue weighted by Crippen LogP contribution is -2.15. The topological polar surface area (TPSA) is 21.3 Å². The number of aryl methyl sites for hydroxylation is 1. The van der Waals surface area contributed by atoms with E-state index in [0.717, 1.165) is 25.1 Å². The third-order valence-corrected chi connectivity index (χ3v) is 5.17. The SMILES string of the molecule is CCC(=C(Cc1ccc(C)cc1)c1ccc(OCCNC)cc1)c1ccccc1. The highest BCUT2D eigenvalue weighted by molar-refractivity contribution is 5.91. The second kappa shape index (κ2) is 10.6. The molecule has 0 aliphatic carbocycles. The summed E-state index contributed by atoms with van der Waals surface area (Å²) in [5.41, 5.74) is 7.96. The van der Waals surface area contributed by atoms with Crippen LogP contribution in [0, 0.1) is 6.92 Å². The van der Waals surface area contributed by atoms with Crippen LogP contribution < -0.4 is 10.1 Å². The number of ether oxygens (including phenoxy) is 1. The molecule has 0 bridgehead atoms.